The molecule has 0 unspecified atom stereocenters. The van der Waals surface area contributed by atoms with E-state index in [-0.39, 0.29) is 5.78 Å². The van der Waals surface area contributed by atoms with Crippen LogP contribution in [-0.4, -0.2) is 37.4 Å². The molecule has 0 aliphatic carbocycles. The van der Waals surface area contributed by atoms with Crippen molar-refractivity contribution < 1.29 is 9.53 Å². The van der Waals surface area contributed by atoms with Gasteiger partial charge in [-0.3, -0.25) is 4.79 Å². The summed E-state index contributed by atoms with van der Waals surface area (Å²) in [5.41, 5.74) is 1.97. The van der Waals surface area contributed by atoms with Crippen LogP contribution in [0.25, 0.3) is 6.08 Å². The third kappa shape index (κ3) is 5.01. The molecule has 1 saturated heterocycles. The molecule has 0 saturated carbocycles. The summed E-state index contributed by atoms with van der Waals surface area (Å²) in [7, 11) is 2.05. The molecule has 1 fully saturated rings. The van der Waals surface area contributed by atoms with E-state index in [1.54, 1.807) is 0 Å². The van der Waals surface area contributed by atoms with Crippen molar-refractivity contribution in [1.82, 2.24) is 4.90 Å². The first kappa shape index (κ1) is 15.8. The number of rotatable bonds is 6. The number of carbonyl (C=O) groups is 1. The first-order valence-corrected chi connectivity index (χ1v) is 7.84. The standard InChI is InChI=1S/C18H25NO2/c1-3-4-5-12-21-17-8-6-15(7-9-17)13-16-14-19(2)11-10-18(16)20/h6-9,13H,3-5,10-12,14H2,1-2H3/b16-13+. The van der Waals surface area contributed by atoms with Gasteiger partial charge in [-0.25, -0.2) is 0 Å². The Balaban J connectivity index is 1.93. The van der Waals surface area contributed by atoms with Gasteiger partial charge in [0, 0.05) is 25.1 Å². The fourth-order valence-electron chi connectivity index (χ4n) is 2.44. The van der Waals surface area contributed by atoms with Crippen LogP contribution in [0.2, 0.25) is 0 Å². The molecule has 0 aromatic heterocycles. The Kier molecular flexibility index (Phi) is 6.00. The lowest BCUT2D eigenvalue weighted by atomic mass is 10.0. The molecule has 1 aromatic carbocycles. The second-order valence-corrected chi connectivity index (χ2v) is 5.71. The number of Topliss-reactive ketones (excluding diaryl/α,β-unsaturated/α-hetero) is 1. The molecule has 0 spiro atoms. The van der Waals surface area contributed by atoms with Crippen LogP contribution in [0.5, 0.6) is 5.75 Å². The van der Waals surface area contributed by atoms with Crippen LogP contribution in [-0.2, 0) is 4.79 Å². The van der Waals surface area contributed by atoms with Gasteiger partial charge in [-0.2, -0.15) is 0 Å². The van der Waals surface area contributed by atoms with Gasteiger partial charge in [0.1, 0.15) is 5.75 Å². The minimum Gasteiger partial charge on any atom is -0.494 e. The second-order valence-electron chi connectivity index (χ2n) is 5.71. The summed E-state index contributed by atoms with van der Waals surface area (Å²) in [6.07, 6.45) is 6.14. The van der Waals surface area contributed by atoms with Gasteiger partial charge in [0.15, 0.2) is 5.78 Å². The number of nitrogens with zero attached hydrogens (tertiary/aromatic N) is 1. The maximum absolute atomic E-state index is 11.9. The maximum atomic E-state index is 11.9. The molecule has 0 N–H and O–H groups in total. The SMILES string of the molecule is CCCCCOc1ccc(/C=C2\CN(C)CCC2=O)cc1. The molecule has 21 heavy (non-hydrogen) atoms. The molecule has 1 aliphatic rings. The van der Waals surface area contributed by atoms with Gasteiger partial charge < -0.3 is 9.64 Å². The Morgan fingerprint density at radius 1 is 1.24 bits per heavy atom. The Hall–Kier alpha value is -1.61. The van der Waals surface area contributed by atoms with E-state index in [1.807, 2.05) is 37.4 Å². The highest BCUT2D eigenvalue weighted by Crippen LogP contribution is 2.18. The highest BCUT2D eigenvalue weighted by Gasteiger charge is 2.18. The number of unbranched alkanes of at least 4 members (excludes halogenated alkanes) is 2. The summed E-state index contributed by atoms with van der Waals surface area (Å²) >= 11 is 0. The number of hydrogen-bond donors (Lipinski definition) is 0. The number of ketones is 1. The van der Waals surface area contributed by atoms with Crippen LogP contribution in [0.1, 0.15) is 38.2 Å². The third-order valence-corrected chi connectivity index (χ3v) is 3.76. The number of benzene rings is 1. The predicted molar refractivity (Wildman–Crippen MR) is 86.6 cm³/mol. The van der Waals surface area contributed by atoms with Crippen LogP contribution in [0.15, 0.2) is 29.8 Å². The Morgan fingerprint density at radius 3 is 2.71 bits per heavy atom. The Bertz CT molecular complexity index is 490. The van der Waals surface area contributed by atoms with Gasteiger partial charge in [-0.05, 0) is 37.2 Å². The number of likely N-dealkylation sites (tertiary alicyclic amines) is 1. The van der Waals surface area contributed by atoms with Crippen molar-refractivity contribution in [2.75, 3.05) is 26.7 Å². The topological polar surface area (TPSA) is 29.5 Å². The van der Waals surface area contributed by atoms with Gasteiger partial charge >= 0.3 is 0 Å². The lowest BCUT2D eigenvalue weighted by Gasteiger charge is -2.23. The molecular formula is C18H25NO2. The molecular weight excluding hydrogens is 262 g/mol. The number of likely N-dealkylation sites (N-methyl/N-ethyl adjacent to an activating group) is 1. The minimum atomic E-state index is 0.271. The molecule has 1 aromatic rings. The average Bonchev–Trinajstić information content (AvgIpc) is 2.49. The summed E-state index contributed by atoms with van der Waals surface area (Å²) in [4.78, 5) is 14.1. The first-order chi connectivity index (χ1) is 10.2. The lowest BCUT2D eigenvalue weighted by Crippen LogP contribution is -2.32. The summed E-state index contributed by atoms with van der Waals surface area (Å²) in [5, 5.41) is 0. The average molecular weight is 287 g/mol. The van der Waals surface area contributed by atoms with E-state index >= 15 is 0 Å². The van der Waals surface area contributed by atoms with Crippen molar-refractivity contribution in [3.8, 4) is 5.75 Å². The second kappa shape index (κ2) is 7.99. The molecule has 0 radical (unpaired) electrons. The zero-order valence-corrected chi connectivity index (χ0v) is 13.1. The monoisotopic (exact) mass is 287 g/mol. The van der Waals surface area contributed by atoms with Crippen molar-refractivity contribution in [3.05, 3.63) is 35.4 Å². The molecule has 1 heterocycles. The van der Waals surface area contributed by atoms with Crippen LogP contribution in [0.3, 0.4) is 0 Å². The Labute approximate surface area is 127 Å². The van der Waals surface area contributed by atoms with Gasteiger partial charge in [0.2, 0.25) is 0 Å². The largest absolute Gasteiger partial charge is 0.494 e. The lowest BCUT2D eigenvalue weighted by molar-refractivity contribution is -0.117. The summed E-state index contributed by atoms with van der Waals surface area (Å²) in [5.74, 6) is 1.17. The van der Waals surface area contributed by atoms with Crippen molar-refractivity contribution >= 4 is 11.9 Å². The number of hydrogen-bond acceptors (Lipinski definition) is 3. The zero-order valence-electron chi connectivity index (χ0n) is 13.1. The fraction of sp³-hybridized carbons (Fsp3) is 0.500. The normalized spacial score (nSPS) is 18.2. The molecule has 0 amide bonds. The minimum absolute atomic E-state index is 0.271. The van der Waals surface area contributed by atoms with Crippen molar-refractivity contribution in [3.63, 3.8) is 0 Å². The summed E-state index contributed by atoms with van der Waals surface area (Å²) < 4.78 is 5.70. The fourth-order valence-corrected chi connectivity index (χ4v) is 2.44. The van der Waals surface area contributed by atoms with E-state index in [0.717, 1.165) is 43.0 Å². The van der Waals surface area contributed by atoms with Crippen LogP contribution in [0, 0.1) is 0 Å². The van der Waals surface area contributed by atoms with E-state index in [2.05, 4.69) is 11.8 Å². The molecule has 1 aliphatic heterocycles. The van der Waals surface area contributed by atoms with Crippen molar-refractivity contribution in [1.29, 1.82) is 0 Å². The maximum Gasteiger partial charge on any atom is 0.161 e. The van der Waals surface area contributed by atoms with Crippen LogP contribution >= 0.6 is 0 Å². The molecule has 0 bridgehead atoms. The van der Waals surface area contributed by atoms with Crippen LogP contribution in [0.4, 0.5) is 0 Å². The molecule has 3 heteroatoms. The number of carbonyl (C=O) groups excluding carboxylic acids is 1. The van der Waals surface area contributed by atoms with E-state index in [9.17, 15) is 4.79 Å². The van der Waals surface area contributed by atoms with Gasteiger partial charge in [0.25, 0.3) is 0 Å². The van der Waals surface area contributed by atoms with Crippen molar-refractivity contribution in [2.45, 2.75) is 32.6 Å². The summed E-state index contributed by atoms with van der Waals surface area (Å²) in [6, 6.07) is 8.00. The molecule has 114 valence electrons. The predicted octanol–water partition coefficient (Wildman–Crippen LogP) is 3.54. The van der Waals surface area contributed by atoms with E-state index in [0.29, 0.717) is 6.42 Å². The van der Waals surface area contributed by atoms with Crippen molar-refractivity contribution in [2.24, 2.45) is 0 Å². The van der Waals surface area contributed by atoms with E-state index in [4.69, 9.17) is 4.74 Å². The zero-order chi connectivity index (χ0) is 15.1. The highest BCUT2D eigenvalue weighted by molar-refractivity contribution is 6.00. The smallest absolute Gasteiger partial charge is 0.161 e. The molecule has 3 nitrogen and oxygen atoms in total. The molecule has 2 rings (SSSR count). The Morgan fingerprint density at radius 2 is 2.00 bits per heavy atom. The van der Waals surface area contributed by atoms with E-state index in [1.165, 1.54) is 12.8 Å². The quantitative estimate of drug-likeness (QED) is 0.592. The van der Waals surface area contributed by atoms with Gasteiger partial charge in [-0.1, -0.05) is 31.9 Å². The van der Waals surface area contributed by atoms with Gasteiger partial charge in [0.05, 0.1) is 6.61 Å². The van der Waals surface area contributed by atoms with Crippen LogP contribution < -0.4 is 4.74 Å². The number of ether oxygens (including phenoxy) is 1. The highest BCUT2D eigenvalue weighted by atomic mass is 16.5. The van der Waals surface area contributed by atoms with E-state index < -0.39 is 0 Å². The molecule has 0 atom stereocenters. The number of piperidine rings is 1. The third-order valence-electron chi connectivity index (χ3n) is 3.76. The summed E-state index contributed by atoms with van der Waals surface area (Å²) in [6.45, 7) is 4.57. The first-order valence-electron chi connectivity index (χ1n) is 7.84. The van der Waals surface area contributed by atoms with Gasteiger partial charge in [-0.15, -0.1) is 0 Å².